The fourth-order valence-electron chi connectivity index (χ4n) is 3.01. The van der Waals surface area contributed by atoms with Gasteiger partial charge < -0.3 is 4.74 Å². The monoisotopic (exact) mass is 362 g/mol. The first-order chi connectivity index (χ1) is 12.6. The Labute approximate surface area is 157 Å². The standard InChI is InChI=1S/C23H23O2P/c1-16-9-10-21(20(12-16)14-24)26-22-13-17(2)11-18(3)23(22)25-15-19-7-5-4-6-8-19/h4-14,26H,15H2,1-3H3. The molecule has 3 aromatic rings. The Bertz CT molecular complexity index is 917. The molecule has 0 saturated carbocycles. The topological polar surface area (TPSA) is 26.3 Å². The van der Waals surface area contributed by atoms with E-state index in [9.17, 15) is 4.79 Å². The fraction of sp³-hybridized carbons (Fsp3) is 0.174. The lowest BCUT2D eigenvalue weighted by molar-refractivity contribution is 0.112. The van der Waals surface area contributed by atoms with Gasteiger partial charge in [0.1, 0.15) is 12.4 Å². The lowest BCUT2D eigenvalue weighted by Crippen LogP contribution is -2.13. The lowest BCUT2D eigenvalue weighted by Gasteiger charge is -2.16. The molecule has 3 aromatic carbocycles. The summed E-state index contributed by atoms with van der Waals surface area (Å²) >= 11 is 0. The van der Waals surface area contributed by atoms with E-state index < -0.39 is 0 Å². The average molecular weight is 362 g/mol. The van der Waals surface area contributed by atoms with Crippen LogP contribution in [-0.2, 0) is 6.61 Å². The number of carbonyl (C=O) groups excluding carboxylic acids is 1. The van der Waals surface area contributed by atoms with Crippen LogP contribution in [0.5, 0.6) is 5.75 Å². The van der Waals surface area contributed by atoms with Gasteiger partial charge in [-0.15, -0.1) is 0 Å². The van der Waals surface area contributed by atoms with Gasteiger partial charge in [0, 0.05) is 10.9 Å². The number of hydrogen-bond acceptors (Lipinski definition) is 2. The van der Waals surface area contributed by atoms with Crippen LogP contribution in [0.4, 0.5) is 0 Å². The maximum Gasteiger partial charge on any atom is 0.150 e. The highest BCUT2D eigenvalue weighted by Gasteiger charge is 2.12. The van der Waals surface area contributed by atoms with Gasteiger partial charge in [0.25, 0.3) is 0 Å². The largest absolute Gasteiger partial charge is 0.488 e. The first kappa shape index (κ1) is 18.4. The molecular formula is C23H23O2P. The van der Waals surface area contributed by atoms with Crippen molar-refractivity contribution in [1.82, 2.24) is 0 Å². The smallest absolute Gasteiger partial charge is 0.150 e. The summed E-state index contributed by atoms with van der Waals surface area (Å²) in [6.45, 7) is 6.72. The Kier molecular flexibility index (Phi) is 5.85. The summed E-state index contributed by atoms with van der Waals surface area (Å²) in [4.78, 5) is 11.5. The maximum atomic E-state index is 11.5. The van der Waals surface area contributed by atoms with Crippen LogP contribution in [0, 0.1) is 20.8 Å². The van der Waals surface area contributed by atoms with Crippen LogP contribution in [0.15, 0.2) is 60.7 Å². The molecular weight excluding hydrogens is 339 g/mol. The molecule has 0 spiro atoms. The van der Waals surface area contributed by atoms with Crippen LogP contribution in [-0.4, -0.2) is 6.29 Å². The minimum absolute atomic E-state index is 0.382. The molecule has 0 aliphatic rings. The SMILES string of the molecule is Cc1ccc(Pc2cc(C)cc(C)c2OCc2ccccc2)c(C=O)c1. The fourth-order valence-corrected chi connectivity index (χ4v) is 4.42. The third-order valence-electron chi connectivity index (χ3n) is 4.25. The van der Waals surface area contributed by atoms with Gasteiger partial charge in [-0.3, -0.25) is 4.79 Å². The lowest BCUT2D eigenvalue weighted by atomic mass is 10.1. The van der Waals surface area contributed by atoms with Crippen LogP contribution in [0.1, 0.15) is 32.6 Å². The van der Waals surface area contributed by atoms with Crippen molar-refractivity contribution in [2.24, 2.45) is 0 Å². The zero-order valence-electron chi connectivity index (χ0n) is 15.4. The zero-order valence-corrected chi connectivity index (χ0v) is 16.4. The van der Waals surface area contributed by atoms with Crippen molar-refractivity contribution < 1.29 is 9.53 Å². The molecule has 0 bridgehead atoms. The van der Waals surface area contributed by atoms with Crippen LogP contribution in [0.3, 0.4) is 0 Å². The van der Waals surface area contributed by atoms with Gasteiger partial charge in [-0.05, 0) is 54.9 Å². The molecule has 0 saturated heterocycles. The first-order valence-corrected chi connectivity index (χ1v) is 9.67. The van der Waals surface area contributed by atoms with E-state index in [0.29, 0.717) is 15.2 Å². The molecule has 3 rings (SSSR count). The van der Waals surface area contributed by atoms with E-state index in [1.165, 1.54) is 5.56 Å². The van der Waals surface area contributed by atoms with Crippen molar-refractivity contribution in [2.45, 2.75) is 27.4 Å². The van der Waals surface area contributed by atoms with Crippen LogP contribution >= 0.6 is 8.58 Å². The second-order valence-corrected chi connectivity index (χ2v) is 7.89. The normalized spacial score (nSPS) is 11.0. The number of rotatable bonds is 6. The predicted octanol–water partition coefficient (Wildman–Crippen LogP) is 4.63. The Morgan fingerprint density at radius 2 is 1.65 bits per heavy atom. The van der Waals surface area contributed by atoms with E-state index in [4.69, 9.17) is 4.74 Å². The molecule has 3 heteroatoms. The van der Waals surface area contributed by atoms with Gasteiger partial charge >= 0.3 is 0 Å². The number of hydrogen-bond donors (Lipinski definition) is 0. The molecule has 1 unspecified atom stereocenters. The van der Waals surface area contributed by atoms with Crippen molar-refractivity contribution >= 4 is 25.5 Å². The molecule has 2 nitrogen and oxygen atoms in total. The number of ether oxygens (including phenoxy) is 1. The zero-order chi connectivity index (χ0) is 18.5. The van der Waals surface area contributed by atoms with Crippen molar-refractivity contribution in [2.75, 3.05) is 0 Å². The molecule has 0 fully saturated rings. The summed E-state index contributed by atoms with van der Waals surface area (Å²) in [6, 6.07) is 20.5. The summed E-state index contributed by atoms with van der Waals surface area (Å²) in [6.07, 6.45) is 0.947. The molecule has 26 heavy (non-hydrogen) atoms. The van der Waals surface area contributed by atoms with Crippen molar-refractivity contribution in [3.05, 3.63) is 88.5 Å². The highest BCUT2D eigenvalue weighted by Crippen LogP contribution is 2.26. The number of aryl methyl sites for hydroxylation is 3. The first-order valence-electron chi connectivity index (χ1n) is 8.67. The molecule has 0 radical (unpaired) electrons. The van der Waals surface area contributed by atoms with E-state index in [2.05, 4.69) is 50.2 Å². The highest BCUT2D eigenvalue weighted by atomic mass is 31.1. The molecule has 0 aliphatic heterocycles. The summed E-state index contributed by atoms with van der Waals surface area (Å²) in [7, 11) is 0.382. The minimum atomic E-state index is 0.382. The third-order valence-corrected chi connectivity index (χ3v) is 5.61. The van der Waals surface area contributed by atoms with E-state index >= 15 is 0 Å². The number of aldehydes is 1. The molecule has 0 amide bonds. The van der Waals surface area contributed by atoms with E-state index in [1.54, 1.807) is 0 Å². The summed E-state index contributed by atoms with van der Waals surface area (Å²) in [5.41, 5.74) is 5.34. The van der Waals surface area contributed by atoms with E-state index in [1.807, 2.05) is 31.2 Å². The van der Waals surface area contributed by atoms with E-state index in [0.717, 1.165) is 44.9 Å². The number of benzene rings is 3. The van der Waals surface area contributed by atoms with Gasteiger partial charge in [0.2, 0.25) is 0 Å². The maximum absolute atomic E-state index is 11.5. The molecule has 0 N–H and O–H groups in total. The quantitative estimate of drug-likeness (QED) is 0.472. The van der Waals surface area contributed by atoms with Crippen LogP contribution in [0.25, 0.3) is 0 Å². The Hall–Kier alpha value is -2.44. The van der Waals surface area contributed by atoms with Gasteiger partial charge in [-0.1, -0.05) is 62.7 Å². The van der Waals surface area contributed by atoms with Crippen molar-refractivity contribution in [3.63, 3.8) is 0 Å². The van der Waals surface area contributed by atoms with Crippen molar-refractivity contribution in [3.8, 4) is 5.75 Å². The Balaban J connectivity index is 1.92. The Morgan fingerprint density at radius 1 is 0.885 bits per heavy atom. The van der Waals surface area contributed by atoms with Gasteiger partial charge in [0.15, 0.2) is 6.29 Å². The highest BCUT2D eigenvalue weighted by molar-refractivity contribution is 7.56. The summed E-state index contributed by atoms with van der Waals surface area (Å²) < 4.78 is 6.20. The molecule has 1 atom stereocenters. The minimum Gasteiger partial charge on any atom is -0.488 e. The second-order valence-electron chi connectivity index (χ2n) is 6.57. The Morgan fingerprint density at radius 3 is 2.38 bits per heavy atom. The van der Waals surface area contributed by atoms with Crippen LogP contribution < -0.4 is 15.3 Å². The molecule has 132 valence electrons. The average Bonchev–Trinajstić information content (AvgIpc) is 2.63. The third kappa shape index (κ3) is 4.39. The van der Waals surface area contributed by atoms with Gasteiger partial charge in [-0.2, -0.15) is 0 Å². The summed E-state index contributed by atoms with van der Waals surface area (Å²) in [5, 5.41) is 2.20. The predicted molar refractivity (Wildman–Crippen MR) is 111 cm³/mol. The molecule has 0 aliphatic carbocycles. The molecule has 0 heterocycles. The van der Waals surface area contributed by atoms with Crippen molar-refractivity contribution in [1.29, 1.82) is 0 Å². The second kappa shape index (κ2) is 8.29. The van der Waals surface area contributed by atoms with Crippen LogP contribution in [0.2, 0.25) is 0 Å². The number of carbonyl (C=O) groups is 1. The molecule has 0 aromatic heterocycles. The van der Waals surface area contributed by atoms with E-state index in [-0.39, 0.29) is 0 Å². The summed E-state index contributed by atoms with van der Waals surface area (Å²) in [5.74, 6) is 0.926. The van der Waals surface area contributed by atoms with Gasteiger partial charge in [-0.25, -0.2) is 0 Å². The van der Waals surface area contributed by atoms with Gasteiger partial charge in [0.05, 0.1) is 0 Å².